The summed E-state index contributed by atoms with van der Waals surface area (Å²) in [6.07, 6.45) is -1.26. The molecule has 17 heavy (non-hydrogen) atoms. The largest absolute Gasteiger partial charge is 0.493 e. The summed E-state index contributed by atoms with van der Waals surface area (Å²) >= 11 is 0. The average Bonchev–Trinajstić information content (AvgIpc) is 2.26. The van der Waals surface area contributed by atoms with Gasteiger partial charge >= 0.3 is 5.97 Å². The van der Waals surface area contributed by atoms with Crippen LogP contribution in [0.4, 0.5) is 8.78 Å². The third kappa shape index (κ3) is 3.05. The molecule has 0 saturated carbocycles. The SMILES string of the molecule is COc1ccc(C(F)(F)CC(=O)O)cc1OC. The Bertz CT molecular complexity index is 418. The summed E-state index contributed by atoms with van der Waals surface area (Å²) in [6.45, 7) is 0. The molecule has 0 aliphatic rings. The molecule has 4 nitrogen and oxygen atoms in total. The first-order valence-electron chi connectivity index (χ1n) is 4.73. The number of carbonyl (C=O) groups is 1. The second-order valence-electron chi connectivity index (χ2n) is 3.34. The molecule has 0 radical (unpaired) electrons. The van der Waals surface area contributed by atoms with E-state index in [1.165, 1.54) is 20.3 Å². The van der Waals surface area contributed by atoms with E-state index in [4.69, 9.17) is 14.6 Å². The molecule has 1 aromatic rings. The Kier molecular flexibility index (Phi) is 3.88. The smallest absolute Gasteiger partial charge is 0.309 e. The number of hydrogen-bond acceptors (Lipinski definition) is 3. The summed E-state index contributed by atoms with van der Waals surface area (Å²) < 4.78 is 36.7. The second-order valence-corrected chi connectivity index (χ2v) is 3.34. The van der Waals surface area contributed by atoms with Crippen molar-refractivity contribution < 1.29 is 28.2 Å². The normalized spacial score (nSPS) is 11.1. The number of alkyl halides is 2. The van der Waals surface area contributed by atoms with Gasteiger partial charge in [-0.3, -0.25) is 4.79 Å². The van der Waals surface area contributed by atoms with Gasteiger partial charge in [-0.25, -0.2) is 8.78 Å². The molecular formula is C11H12F2O4. The third-order valence-corrected chi connectivity index (χ3v) is 2.18. The van der Waals surface area contributed by atoms with Crippen LogP contribution >= 0.6 is 0 Å². The van der Waals surface area contributed by atoms with Gasteiger partial charge in [0.05, 0.1) is 14.2 Å². The van der Waals surface area contributed by atoms with Crippen LogP contribution in [0.1, 0.15) is 12.0 Å². The maximum Gasteiger partial charge on any atom is 0.309 e. The van der Waals surface area contributed by atoms with Gasteiger partial charge in [0.1, 0.15) is 6.42 Å². The maximum atomic E-state index is 13.5. The monoisotopic (exact) mass is 246 g/mol. The number of carboxylic acid groups (broad SMARTS) is 1. The molecule has 0 spiro atoms. The fourth-order valence-electron chi connectivity index (χ4n) is 1.36. The summed E-state index contributed by atoms with van der Waals surface area (Å²) in [5.41, 5.74) is -0.419. The first kappa shape index (κ1) is 13.2. The molecule has 0 atom stereocenters. The fraction of sp³-hybridized carbons (Fsp3) is 0.364. The highest BCUT2D eigenvalue weighted by molar-refractivity contribution is 5.68. The molecule has 0 heterocycles. The van der Waals surface area contributed by atoms with E-state index in [-0.39, 0.29) is 5.75 Å². The minimum atomic E-state index is -3.44. The first-order chi connectivity index (χ1) is 7.90. The van der Waals surface area contributed by atoms with E-state index in [1.54, 1.807) is 0 Å². The molecule has 1 rings (SSSR count). The van der Waals surface area contributed by atoms with Crippen molar-refractivity contribution in [1.29, 1.82) is 0 Å². The van der Waals surface area contributed by atoms with E-state index in [9.17, 15) is 13.6 Å². The Hall–Kier alpha value is -1.85. The molecule has 0 amide bonds. The topological polar surface area (TPSA) is 55.8 Å². The molecule has 0 aromatic heterocycles. The lowest BCUT2D eigenvalue weighted by atomic mass is 10.0. The fourth-order valence-corrected chi connectivity index (χ4v) is 1.36. The number of benzene rings is 1. The van der Waals surface area contributed by atoms with Crippen molar-refractivity contribution in [3.05, 3.63) is 23.8 Å². The van der Waals surface area contributed by atoms with Gasteiger partial charge < -0.3 is 14.6 Å². The molecule has 1 N–H and O–H groups in total. The zero-order chi connectivity index (χ0) is 13.1. The van der Waals surface area contributed by atoms with Gasteiger partial charge in [0.25, 0.3) is 5.92 Å². The van der Waals surface area contributed by atoms with Crippen molar-refractivity contribution in [1.82, 2.24) is 0 Å². The van der Waals surface area contributed by atoms with E-state index in [1.807, 2.05) is 0 Å². The van der Waals surface area contributed by atoms with Crippen molar-refractivity contribution in [2.24, 2.45) is 0 Å². The summed E-state index contributed by atoms with van der Waals surface area (Å²) in [5, 5.41) is 8.40. The molecule has 6 heteroatoms. The molecule has 0 unspecified atom stereocenters. The van der Waals surface area contributed by atoms with Crippen LogP contribution in [-0.2, 0) is 10.7 Å². The molecule has 0 saturated heterocycles. The highest BCUT2D eigenvalue weighted by Gasteiger charge is 2.35. The van der Waals surface area contributed by atoms with Crippen LogP contribution < -0.4 is 9.47 Å². The van der Waals surface area contributed by atoms with Crippen LogP contribution in [0.3, 0.4) is 0 Å². The van der Waals surface area contributed by atoms with Crippen molar-refractivity contribution in [3.63, 3.8) is 0 Å². The van der Waals surface area contributed by atoms with Gasteiger partial charge in [0.2, 0.25) is 0 Å². The number of ether oxygens (including phenoxy) is 2. The van der Waals surface area contributed by atoms with Gasteiger partial charge in [-0.15, -0.1) is 0 Å². The number of aliphatic carboxylic acids is 1. The lowest BCUT2D eigenvalue weighted by molar-refractivity contribution is -0.145. The van der Waals surface area contributed by atoms with Crippen molar-refractivity contribution >= 4 is 5.97 Å². The quantitative estimate of drug-likeness (QED) is 0.865. The van der Waals surface area contributed by atoms with Crippen LogP contribution in [0, 0.1) is 0 Å². The van der Waals surface area contributed by atoms with Crippen LogP contribution in [0.2, 0.25) is 0 Å². The Morgan fingerprint density at radius 2 is 1.88 bits per heavy atom. The Morgan fingerprint density at radius 1 is 1.29 bits per heavy atom. The number of hydrogen-bond donors (Lipinski definition) is 1. The van der Waals surface area contributed by atoms with Gasteiger partial charge in [-0.2, -0.15) is 0 Å². The summed E-state index contributed by atoms with van der Waals surface area (Å²) in [5.74, 6) is -4.56. The standard InChI is InChI=1S/C11H12F2O4/c1-16-8-4-3-7(5-9(8)17-2)11(12,13)6-10(14)15/h3-5H,6H2,1-2H3,(H,14,15). The first-order valence-corrected chi connectivity index (χ1v) is 4.73. The van der Waals surface area contributed by atoms with E-state index < -0.39 is 23.9 Å². The number of rotatable bonds is 5. The minimum absolute atomic E-state index is 0.134. The maximum absolute atomic E-state index is 13.5. The molecule has 0 aliphatic carbocycles. The van der Waals surface area contributed by atoms with Crippen LogP contribution in [-0.4, -0.2) is 25.3 Å². The minimum Gasteiger partial charge on any atom is -0.493 e. The zero-order valence-corrected chi connectivity index (χ0v) is 9.37. The molecule has 0 aliphatic heterocycles. The average molecular weight is 246 g/mol. The predicted molar refractivity (Wildman–Crippen MR) is 55.7 cm³/mol. The number of halogens is 2. The van der Waals surface area contributed by atoms with Crippen molar-refractivity contribution in [3.8, 4) is 11.5 Å². The third-order valence-electron chi connectivity index (χ3n) is 2.18. The van der Waals surface area contributed by atoms with Crippen LogP contribution in [0.5, 0.6) is 11.5 Å². The van der Waals surface area contributed by atoms with E-state index in [2.05, 4.69) is 0 Å². The summed E-state index contributed by atoms with van der Waals surface area (Å²) in [6, 6.07) is 3.50. The Labute approximate surface area is 96.8 Å². The number of carboxylic acids is 1. The highest BCUT2D eigenvalue weighted by Crippen LogP contribution is 2.37. The zero-order valence-electron chi connectivity index (χ0n) is 9.37. The van der Waals surface area contributed by atoms with Crippen molar-refractivity contribution in [2.75, 3.05) is 14.2 Å². The summed E-state index contributed by atoms with van der Waals surface area (Å²) in [7, 11) is 2.70. The van der Waals surface area contributed by atoms with Crippen LogP contribution in [0.25, 0.3) is 0 Å². The lowest BCUT2D eigenvalue weighted by Gasteiger charge is -2.16. The van der Waals surface area contributed by atoms with Gasteiger partial charge in [-0.1, -0.05) is 0 Å². The van der Waals surface area contributed by atoms with Crippen LogP contribution in [0.15, 0.2) is 18.2 Å². The van der Waals surface area contributed by atoms with E-state index in [0.717, 1.165) is 12.1 Å². The van der Waals surface area contributed by atoms with Gasteiger partial charge in [0.15, 0.2) is 11.5 Å². The van der Waals surface area contributed by atoms with Gasteiger partial charge in [0, 0.05) is 5.56 Å². The van der Waals surface area contributed by atoms with Crippen molar-refractivity contribution in [2.45, 2.75) is 12.3 Å². The molecule has 94 valence electrons. The van der Waals surface area contributed by atoms with Gasteiger partial charge in [-0.05, 0) is 18.2 Å². The Balaban J connectivity index is 3.10. The van der Waals surface area contributed by atoms with E-state index >= 15 is 0 Å². The highest BCUT2D eigenvalue weighted by atomic mass is 19.3. The molecule has 0 bridgehead atoms. The summed E-state index contributed by atoms with van der Waals surface area (Å²) in [4.78, 5) is 10.3. The van der Waals surface area contributed by atoms with E-state index in [0.29, 0.717) is 5.75 Å². The molecule has 1 aromatic carbocycles. The predicted octanol–water partition coefficient (Wildman–Crippen LogP) is 2.27. The lowest BCUT2D eigenvalue weighted by Crippen LogP contribution is -2.18. The number of methoxy groups -OCH3 is 2. The molecular weight excluding hydrogens is 234 g/mol. The Morgan fingerprint density at radius 3 is 2.35 bits per heavy atom. The second kappa shape index (κ2) is 4.99. The molecule has 0 fully saturated rings.